The summed E-state index contributed by atoms with van der Waals surface area (Å²) in [5.74, 6) is -0.729. The number of carbonyl (C=O) groups is 1. The molecule has 2 N–H and O–H groups in total. The van der Waals surface area contributed by atoms with Crippen molar-refractivity contribution in [3.63, 3.8) is 0 Å². The van der Waals surface area contributed by atoms with Gasteiger partial charge >= 0.3 is 5.97 Å². The fourth-order valence-electron chi connectivity index (χ4n) is 1.91. The zero-order valence-corrected chi connectivity index (χ0v) is 12.6. The smallest absolute Gasteiger partial charge is 0.320 e. The van der Waals surface area contributed by atoms with Crippen LogP contribution in [-0.4, -0.2) is 17.1 Å². The third-order valence-electron chi connectivity index (χ3n) is 2.99. The summed E-state index contributed by atoms with van der Waals surface area (Å²) >= 11 is 3.40. The number of hydrogen-bond donors (Lipinski definition) is 2. The average Bonchev–Trinajstić information content (AvgIpc) is 2.31. The maximum atomic E-state index is 11.2. The van der Waals surface area contributed by atoms with E-state index in [0.717, 1.165) is 16.5 Å². The van der Waals surface area contributed by atoms with E-state index in [4.69, 9.17) is 0 Å². The van der Waals surface area contributed by atoms with E-state index in [0.29, 0.717) is 0 Å². The molecule has 0 aliphatic heterocycles. The Morgan fingerprint density at radius 1 is 1.33 bits per heavy atom. The van der Waals surface area contributed by atoms with Crippen LogP contribution >= 0.6 is 15.9 Å². The minimum absolute atomic E-state index is 0.0620. The number of benzene rings is 1. The van der Waals surface area contributed by atoms with E-state index < -0.39 is 12.0 Å². The highest BCUT2D eigenvalue weighted by Gasteiger charge is 2.24. The Labute approximate surface area is 117 Å². The molecule has 1 aromatic rings. The van der Waals surface area contributed by atoms with E-state index in [9.17, 15) is 9.90 Å². The van der Waals surface area contributed by atoms with Crippen LogP contribution in [0.15, 0.2) is 28.7 Å². The lowest BCUT2D eigenvalue weighted by Gasteiger charge is -2.25. The van der Waals surface area contributed by atoms with Gasteiger partial charge in [-0.1, -0.05) is 48.8 Å². The van der Waals surface area contributed by atoms with Crippen LogP contribution in [0, 0.1) is 5.92 Å². The monoisotopic (exact) mass is 313 g/mol. The molecular weight excluding hydrogens is 294 g/mol. The van der Waals surface area contributed by atoms with E-state index in [1.54, 1.807) is 0 Å². The van der Waals surface area contributed by atoms with Crippen molar-refractivity contribution < 1.29 is 9.90 Å². The molecule has 0 amide bonds. The summed E-state index contributed by atoms with van der Waals surface area (Å²) in [6, 6.07) is 7.55. The Balaban J connectivity index is 2.83. The van der Waals surface area contributed by atoms with Crippen molar-refractivity contribution in [2.75, 3.05) is 0 Å². The van der Waals surface area contributed by atoms with Gasteiger partial charge in [0.1, 0.15) is 6.04 Å². The summed E-state index contributed by atoms with van der Waals surface area (Å²) in [6.07, 6.45) is 0.859. The summed E-state index contributed by atoms with van der Waals surface area (Å²) in [7, 11) is 0. The van der Waals surface area contributed by atoms with Crippen molar-refractivity contribution in [2.24, 2.45) is 5.92 Å². The molecule has 2 unspecified atom stereocenters. The summed E-state index contributed by atoms with van der Waals surface area (Å²) in [5.41, 5.74) is 1.12. The fourth-order valence-corrected chi connectivity index (χ4v) is 2.17. The van der Waals surface area contributed by atoms with Crippen LogP contribution in [-0.2, 0) is 4.79 Å². The topological polar surface area (TPSA) is 49.3 Å². The maximum Gasteiger partial charge on any atom is 0.320 e. The normalized spacial score (nSPS) is 14.5. The van der Waals surface area contributed by atoms with Gasteiger partial charge in [0.15, 0.2) is 0 Å². The standard InChI is InChI=1S/C14H20BrNO2/c1-4-12(10-5-7-11(15)8-6-10)16-13(9(2)3)14(17)18/h5-9,12-13,16H,4H2,1-3H3,(H,17,18). The molecule has 0 aromatic heterocycles. The third-order valence-corrected chi connectivity index (χ3v) is 3.52. The van der Waals surface area contributed by atoms with Gasteiger partial charge in [0.25, 0.3) is 0 Å². The van der Waals surface area contributed by atoms with Gasteiger partial charge in [-0.05, 0) is 30.0 Å². The molecular formula is C14H20BrNO2. The molecule has 18 heavy (non-hydrogen) atoms. The molecule has 0 aliphatic carbocycles. The molecule has 0 aliphatic rings. The molecule has 0 heterocycles. The van der Waals surface area contributed by atoms with E-state index in [1.165, 1.54) is 0 Å². The van der Waals surface area contributed by atoms with E-state index in [-0.39, 0.29) is 12.0 Å². The van der Waals surface area contributed by atoms with Gasteiger partial charge in [-0.15, -0.1) is 0 Å². The van der Waals surface area contributed by atoms with Gasteiger partial charge in [0, 0.05) is 10.5 Å². The number of hydrogen-bond acceptors (Lipinski definition) is 2. The molecule has 3 nitrogen and oxygen atoms in total. The first-order valence-corrected chi connectivity index (χ1v) is 6.99. The van der Waals surface area contributed by atoms with Crippen molar-refractivity contribution >= 4 is 21.9 Å². The van der Waals surface area contributed by atoms with Crippen molar-refractivity contribution in [3.8, 4) is 0 Å². The van der Waals surface area contributed by atoms with Gasteiger partial charge in [-0.3, -0.25) is 10.1 Å². The van der Waals surface area contributed by atoms with Gasteiger partial charge in [-0.2, -0.15) is 0 Å². The first kappa shape index (κ1) is 15.2. The van der Waals surface area contributed by atoms with Crippen molar-refractivity contribution in [1.82, 2.24) is 5.32 Å². The first-order chi connectivity index (χ1) is 8.45. The highest BCUT2D eigenvalue weighted by molar-refractivity contribution is 9.10. The minimum Gasteiger partial charge on any atom is -0.480 e. The van der Waals surface area contributed by atoms with Crippen molar-refractivity contribution in [2.45, 2.75) is 39.3 Å². The van der Waals surface area contributed by atoms with Crippen molar-refractivity contribution in [3.05, 3.63) is 34.3 Å². The molecule has 4 heteroatoms. The minimum atomic E-state index is -0.791. The summed E-state index contributed by atoms with van der Waals surface area (Å²) < 4.78 is 1.03. The van der Waals surface area contributed by atoms with E-state index in [2.05, 4.69) is 28.2 Å². The lowest BCUT2D eigenvalue weighted by Crippen LogP contribution is -2.42. The van der Waals surface area contributed by atoms with Crippen LogP contribution < -0.4 is 5.32 Å². The molecule has 1 aromatic carbocycles. The zero-order valence-electron chi connectivity index (χ0n) is 11.0. The van der Waals surface area contributed by atoms with Crippen LogP contribution in [0.3, 0.4) is 0 Å². The second kappa shape index (κ2) is 6.90. The SMILES string of the molecule is CCC(NC(C(=O)O)C(C)C)c1ccc(Br)cc1. The predicted molar refractivity (Wildman–Crippen MR) is 76.6 cm³/mol. The fraction of sp³-hybridized carbons (Fsp3) is 0.500. The summed E-state index contributed by atoms with van der Waals surface area (Å²) in [6.45, 7) is 5.89. The lowest BCUT2D eigenvalue weighted by molar-refractivity contribution is -0.140. The largest absolute Gasteiger partial charge is 0.480 e. The Bertz CT molecular complexity index is 389. The number of nitrogens with one attached hydrogen (secondary N) is 1. The molecule has 0 spiro atoms. The Morgan fingerprint density at radius 2 is 1.89 bits per heavy atom. The van der Waals surface area contributed by atoms with Gasteiger partial charge in [0.05, 0.1) is 0 Å². The zero-order chi connectivity index (χ0) is 13.7. The molecule has 0 bridgehead atoms. The molecule has 0 saturated carbocycles. The van der Waals surface area contributed by atoms with E-state index in [1.807, 2.05) is 38.1 Å². The van der Waals surface area contributed by atoms with Gasteiger partial charge < -0.3 is 5.11 Å². The quantitative estimate of drug-likeness (QED) is 0.843. The van der Waals surface area contributed by atoms with Crippen LogP contribution in [0.2, 0.25) is 0 Å². The van der Waals surface area contributed by atoms with Gasteiger partial charge in [-0.25, -0.2) is 0 Å². The van der Waals surface area contributed by atoms with Gasteiger partial charge in [0.2, 0.25) is 0 Å². The second-order valence-electron chi connectivity index (χ2n) is 4.74. The molecule has 2 atom stereocenters. The number of halogens is 1. The highest BCUT2D eigenvalue weighted by Crippen LogP contribution is 2.21. The Kier molecular flexibility index (Phi) is 5.82. The van der Waals surface area contributed by atoms with Crippen molar-refractivity contribution in [1.29, 1.82) is 0 Å². The molecule has 0 fully saturated rings. The maximum absolute atomic E-state index is 11.2. The molecule has 1 rings (SSSR count). The highest BCUT2D eigenvalue weighted by atomic mass is 79.9. The lowest BCUT2D eigenvalue weighted by atomic mass is 9.99. The number of aliphatic carboxylic acids is 1. The summed E-state index contributed by atoms with van der Waals surface area (Å²) in [4.78, 5) is 11.2. The van der Waals surface area contributed by atoms with Crippen LogP contribution in [0.4, 0.5) is 0 Å². The van der Waals surface area contributed by atoms with Crippen LogP contribution in [0.25, 0.3) is 0 Å². The first-order valence-electron chi connectivity index (χ1n) is 6.20. The molecule has 0 radical (unpaired) electrons. The number of carboxylic acids is 1. The molecule has 0 saturated heterocycles. The molecule has 100 valence electrons. The van der Waals surface area contributed by atoms with Crippen LogP contribution in [0.5, 0.6) is 0 Å². The third kappa shape index (κ3) is 4.10. The van der Waals surface area contributed by atoms with Crippen LogP contribution in [0.1, 0.15) is 38.8 Å². The number of carboxylic acid groups (broad SMARTS) is 1. The summed E-state index contributed by atoms with van der Waals surface area (Å²) in [5, 5.41) is 12.4. The number of rotatable bonds is 6. The second-order valence-corrected chi connectivity index (χ2v) is 5.65. The Morgan fingerprint density at radius 3 is 2.28 bits per heavy atom. The predicted octanol–water partition coefficient (Wildman–Crippen LogP) is 3.60. The Hall–Kier alpha value is -0.870. The van der Waals surface area contributed by atoms with E-state index >= 15 is 0 Å². The average molecular weight is 314 g/mol.